The van der Waals surface area contributed by atoms with Crippen molar-refractivity contribution < 1.29 is 9.53 Å². The normalized spacial score (nSPS) is 29.6. The van der Waals surface area contributed by atoms with Crippen molar-refractivity contribution in [1.82, 2.24) is 20.2 Å². The second kappa shape index (κ2) is 6.63. The fourth-order valence-electron chi connectivity index (χ4n) is 5.32. The first-order valence-electron chi connectivity index (χ1n) is 9.76. The highest BCUT2D eigenvalue weighted by atomic mass is 16.5. The first-order valence-corrected chi connectivity index (χ1v) is 9.76. The molecule has 0 bridgehead atoms. The molecule has 6 heteroatoms. The van der Waals surface area contributed by atoms with Gasteiger partial charge in [0.2, 0.25) is 0 Å². The van der Waals surface area contributed by atoms with E-state index in [9.17, 15) is 4.79 Å². The van der Waals surface area contributed by atoms with Gasteiger partial charge < -0.3 is 19.9 Å². The van der Waals surface area contributed by atoms with Gasteiger partial charge in [0.05, 0.1) is 12.6 Å². The van der Waals surface area contributed by atoms with Crippen molar-refractivity contribution in [2.45, 2.75) is 71.2 Å². The molecule has 4 rings (SSSR count). The number of carbonyl (C=O) groups excluding carboxylic acids is 1. The highest BCUT2D eigenvalue weighted by Gasteiger charge is 2.65. The molecule has 2 amide bonds. The molecule has 3 atom stereocenters. The lowest BCUT2D eigenvalue weighted by Gasteiger charge is -2.56. The molecule has 1 aromatic rings. The molecule has 2 N–H and O–H groups in total. The number of amides is 2. The minimum Gasteiger partial charge on any atom is -0.377 e. The number of hydrogen-bond acceptors (Lipinski definition) is 3. The molecule has 6 nitrogen and oxygen atoms in total. The van der Waals surface area contributed by atoms with Crippen molar-refractivity contribution in [3.63, 3.8) is 0 Å². The largest absolute Gasteiger partial charge is 0.377 e. The van der Waals surface area contributed by atoms with Crippen molar-refractivity contribution in [2.24, 2.45) is 17.3 Å². The third-order valence-electron chi connectivity index (χ3n) is 6.34. The van der Waals surface area contributed by atoms with E-state index in [1.807, 2.05) is 6.20 Å². The maximum Gasteiger partial charge on any atom is 0.315 e. The highest BCUT2D eigenvalue weighted by molar-refractivity contribution is 5.74. The van der Waals surface area contributed by atoms with Gasteiger partial charge >= 0.3 is 6.03 Å². The minimum atomic E-state index is -0.0688. The second-order valence-corrected chi connectivity index (χ2v) is 8.38. The number of ether oxygens (including phenoxy) is 1. The third kappa shape index (κ3) is 2.94. The zero-order chi connectivity index (χ0) is 17.4. The zero-order valence-corrected chi connectivity index (χ0v) is 15.3. The number of hydrogen-bond donors (Lipinski definition) is 2. The molecule has 2 saturated carbocycles. The van der Waals surface area contributed by atoms with Crippen LogP contribution in [0.2, 0.25) is 0 Å². The Kier molecular flexibility index (Phi) is 4.48. The van der Waals surface area contributed by atoms with E-state index in [0.717, 1.165) is 25.4 Å². The Labute approximate surface area is 149 Å². The lowest BCUT2D eigenvalue weighted by Crippen LogP contribution is -2.69. The van der Waals surface area contributed by atoms with Crippen molar-refractivity contribution >= 4 is 6.03 Å². The molecule has 2 aliphatic carbocycles. The second-order valence-electron chi connectivity index (χ2n) is 8.38. The Bertz CT molecular complexity index is 621. The van der Waals surface area contributed by atoms with Crippen LogP contribution in [0.3, 0.4) is 0 Å². The molecular formula is C19H30N4O2. The summed E-state index contributed by atoms with van der Waals surface area (Å²) in [7, 11) is 0. The van der Waals surface area contributed by atoms with Gasteiger partial charge in [-0.1, -0.05) is 26.7 Å². The van der Waals surface area contributed by atoms with Crippen molar-refractivity contribution in [3.05, 3.63) is 18.2 Å². The number of urea groups is 1. The van der Waals surface area contributed by atoms with E-state index in [-0.39, 0.29) is 17.5 Å². The van der Waals surface area contributed by atoms with Crippen LogP contribution < -0.4 is 10.6 Å². The van der Waals surface area contributed by atoms with Gasteiger partial charge in [0, 0.05) is 42.9 Å². The molecule has 2 heterocycles. The fraction of sp³-hybridized carbons (Fsp3) is 0.789. The Morgan fingerprint density at radius 3 is 3.00 bits per heavy atom. The highest BCUT2D eigenvalue weighted by Crippen LogP contribution is 2.60. The number of nitrogens with one attached hydrogen (secondary N) is 2. The number of rotatable bonds is 5. The third-order valence-corrected chi connectivity index (χ3v) is 6.34. The Balaban J connectivity index is 1.34. The molecule has 0 radical (unpaired) electrons. The van der Waals surface area contributed by atoms with E-state index in [4.69, 9.17) is 4.74 Å². The predicted molar refractivity (Wildman–Crippen MR) is 95.0 cm³/mol. The van der Waals surface area contributed by atoms with Crippen LogP contribution in [0.5, 0.6) is 0 Å². The number of fused-ring (bicyclic) bond motifs is 2. The van der Waals surface area contributed by atoms with Gasteiger partial charge in [0.15, 0.2) is 0 Å². The molecule has 0 unspecified atom stereocenters. The van der Waals surface area contributed by atoms with Crippen LogP contribution in [0.4, 0.5) is 4.79 Å². The van der Waals surface area contributed by atoms with E-state index >= 15 is 0 Å². The van der Waals surface area contributed by atoms with Crippen LogP contribution in [0.1, 0.15) is 51.8 Å². The molecular weight excluding hydrogens is 316 g/mol. The van der Waals surface area contributed by atoms with E-state index < -0.39 is 0 Å². The molecule has 0 aromatic carbocycles. The standard InChI is InChI=1S/C19H30N4O2/c1-13(2)12-23-9-8-20-15(23)11-21-18(24)22-16-14-5-10-25-17(14)19(16)6-3-4-7-19/h8-9,13-14,16-17H,3-7,10-12H2,1-2H3,(H2,21,22,24)/t14-,16+,17+/m0/s1. The average Bonchev–Trinajstić information content (AvgIpc) is 3.30. The van der Waals surface area contributed by atoms with Crippen LogP contribution in [0.15, 0.2) is 12.4 Å². The van der Waals surface area contributed by atoms with E-state index in [1.165, 1.54) is 25.7 Å². The molecule has 138 valence electrons. The summed E-state index contributed by atoms with van der Waals surface area (Å²) in [4.78, 5) is 16.9. The quantitative estimate of drug-likeness (QED) is 0.861. The van der Waals surface area contributed by atoms with Crippen LogP contribution in [-0.2, 0) is 17.8 Å². The molecule has 3 aliphatic rings. The van der Waals surface area contributed by atoms with Gasteiger partial charge in [-0.25, -0.2) is 9.78 Å². The van der Waals surface area contributed by atoms with E-state index in [1.54, 1.807) is 6.20 Å². The van der Waals surface area contributed by atoms with Crippen LogP contribution in [0.25, 0.3) is 0 Å². The zero-order valence-electron chi connectivity index (χ0n) is 15.3. The average molecular weight is 346 g/mol. The molecule has 1 spiro atoms. The molecule has 3 fully saturated rings. The van der Waals surface area contributed by atoms with Gasteiger partial charge in [-0.15, -0.1) is 0 Å². The summed E-state index contributed by atoms with van der Waals surface area (Å²) in [5.74, 6) is 1.97. The number of carbonyl (C=O) groups is 1. The summed E-state index contributed by atoms with van der Waals surface area (Å²) in [6.45, 7) is 6.61. The minimum absolute atomic E-state index is 0.0688. The molecule has 1 saturated heterocycles. The summed E-state index contributed by atoms with van der Waals surface area (Å²) >= 11 is 0. The first-order chi connectivity index (χ1) is 12.1. The monoisotopic (exact) mass is 346 g/mol. The van der Waals surface area contributed by atoms with Gasteiger partial charge in [0.1, 0.15) is 5.82 Å². The van der Waals surface area contributed by atoms with Gasteiger partial charge in [0.25, 0.3) is 0 Å². The maximum atomic E-state index is 12.5. The Morgan fingerprint density at radius 1 is 1.44 bits per heavy atom. The van der Waals surface area contributed by atoms with E-state index in [0.29, 0.717) is 24.5 Å². The van der Waals surface area contributed by atoms with Crippen LogP contribution >= 0.6 is 0 Å². The summed E-state index contributed by atoms with van der Waals surface area (Å²) in [6, 6.07) is 0.207. The van der Waals surface area contributed by atoms with Gasteiger partial charge in [-0.3, -0.25) is 0 Å². The first kappa shape index (κ1) is 16.9. The summed E-state index contributed by atoms with van der Waals surface area (Å²) in [6.07, 6.45) is 10.2. The maximum absolute atomic E-state index is 12.5. The molecule has 25 heavy (non-hydrogen) atoms. The SMILES string of the molecule is CC(C)Cn1ccnc1CNC(=O)N[C@@H]1[C@@H]2CCO[C@H]2C12CCCC2. The van der Waals surface area contributed by atoms with Crippen LogP contribution in [-0.4, -0.2) is 34.3 Å². The number of imidazole rings is 1. The van der Waals surface area contributed by atoms with Gasteiger partial charge in [-0.05, 0) is 25.2 Å². The smallest absolute Gasteiger partial charge is 0.315 e. The van der Waals surface area contributed by atoms with Crippen molar-refractivity contribution in [3.8, 4) is 0 Å². The van der Waals surface area contributed by atoms with Gasteiger partial charge in [-0.2, -0.15) is 0 Å². The Morgan fingerprint density at radius 2 is 2.24 bits per heavy atom. The topological polar surface area (TPSA) is 68.2 Å². The molecule has 1 aromatic heterocycles. The molecule has 1 aliphatic heterocycles. The fourth-order valence-corrected chi connectivity index (χ4v) is 5.32. The lowest BCUT2D eigenvalue weighted by atomic mass is 9.54. The van der Waals surface area contributed by atoms with E-state index in [2.05, 4.69) is 34.0 Å². The predicted octanol–water partition coefficient (Wildman–Crippen LogP) is 2.69. The Hall–Kier alpha value is -1.56. The summed E-state index contributed by atoms with van der Waals surface area (Å²) in [5, 5.41) is 6.29. The number of aromatic nitrogens is 2. The summed E-state index contributed by atoms with van der Waals surface area (Å²) < 4.78 is 8.11. The number of nitrogens with zero attached hydrogens (tertiary/aromatic N) is 2. The van der Waals surface area contributed by atoms with Crippen molar-refractivity contribution in [1.29, 1.82) is 0 Å². The van der Waals surface area contributed by atoms with Crippen molar-refractivity contribution in [2.75, 3.05) is 6.61 Å². The summed E-state index contributed by atoms with van der Waals surface area (Å²) in [5.41, 5.74) is 0.203. The lowest BCUT2D eigenvalue weighted by molar-refractivity contribution is -0.126. The van der Waals surface area contributed by atoms with Crippen LogP contribution in [0, 0.1) is 17.3 Å².